The molecule has 1 aliphatic carbocycles. The fourth-order valence-corrected chi connectivity index (χ4v) is 2.32. The van der Waals surface area contributed by atoms with Crippen molar-refractivity contribution >= 4 is 5.91 Å². The Balaban J connectivity index is 2.12. The first kappa shape index (κ1) is 11.7. The number of aryl methyl sites for hydroxylation is 2. The van der Waals surface area contributed by atoms with Crippen LogP contribution in [0.1, 0.15) is 29.5 Å². The van der Waals surface area contributed by atoms with Crippen LogP contribution in [0.25, 0.3) is 0 Å². The maximum atomic E-state index is 11.2. The summed E-state index contributed by atoms with van der Waals surface area (Å²) in [6.45, 7) is 0.514. The highest BCUT2D eigenvalue weighted by Gasteiger charge is 2.12. The molecule has 0 atom stereocenters. The number of hydrogen-bond donors (Lipinski definition) is 0. The van der Waals surface area contributed by atoms with Crippen LogP contribution in [0.15, 0.2) is 18.2 Å². The topological polar surface area (TPSA) is 44.1 Å². The highest BCUT2D eigenvalue weighted by Crippen LogP contribution is 2.22. The second-order valence-corrected chi connectivity index (χ2v) is 4.58. The molecule has 0 fully saturated rings. The van der Waals surface area contributed by atoms with E-state index in [4.69, 9.17) is 5.26 Å². The zero-order chi connectivity index (χ0) is 12.3. The van der Waals surface area contributed by atoms with E-state index in [-0.39, 0.29) is 0 Å². The summed E-state index contributed by atoms with van der Waals surface area (Å²) >= 11 is 0. The number of nitrogens with zero attached hydrogens (tertiary/aromatic N) is 2. The summed E-state index contributed by atoms with van der Waals surface area (Å²) in [7, 11) is 1.66. The minimum atomic E-state index is -0.484. The first-order chi connectivity index (χ1) is 8.20. The van der Waals surface area contributed by atoms with E-state index in [2.05, 4.69) is 18.2 Å². The number of fused-ring (bicyclic) bond motifs is 1. The van der Waals surface area contributed by atoms with Crippen molar-refractivity contribution in [3.05, 3.63) is 34.9 Å². The molecule has 0 spiro atoms. The molecule has 0 bridgehead atoms. The number of amides is 1. The average molecular weight is 228 g/mol. The normalized spacial score (nSPS) is 13.6. The van der Waals surface area contributed by atoms with Gasteiger partial charge < -0.3 is 4.90 Å². The summed E-state index contributed by atoms with van der Waals surface area (Å²) in [5.74, 6) is -0.484. The van der Waals surface area contributed by atoms with Crippen molar-refractivity contribution < 1.29 is 4.79 Å². The van der Waals surface area contributed by atoms with Crippen LogP contribution in [0.5, 0.6) is 0 Å². The lowest BCUT2D eigenvalue weighted by atomic mass is 9.90. The van der Waals surface area contributed by atoms with Gasteiger partial charge in [-0.25, -0.2) is 0 Å². The van der Waals surface area contributed by atoms with Gasteiger partial charge in [0.25, 0.3) is 0 Å². The Morgan fingerprint density at radius 2 is 2.06 bits per heavy atom. The number of carbonyl (C=O) groups excluding carboxylic acids is 1. The van der Waals surface area contributed by atoms with Crippen molar-refractivity contribution in [1.29, 1.82) is 5.26 Å². The molecule has 0 aliphatic heterocycles. The van der Waals surface area contributed by atoms with E-state index in [1.54, 1.807) is 13.1 Å². The lowest BCUT2D eigenvalue weighted by molar-refractivity contribution is -0.124. The molecule has 88 valence electrons. The van der Waals surface area contributed by atoms with Gasteiger partial charge in [0.05, 0.1) is 0 Å². The van der Waals surface area contributed by atoms with E-state index >= 15 is 0 Å². The van der Waals surface area contributed by atoms with Crippen LogP contribution < -0.4 is 0 Å². The quantitative estimate of drug-likeness (QED) is 0.727. The molecule has 1 aliphatic rings. The van der Waals surface area contributed by atoms with Gasteiger partial charge in [-0.15, -0.1) is 0 Å². The Bertz CT molecular complexity index is 474. The number of benzene rings is 1. The molecule has 0 heterocycles. The summed E-state index contributed by atoms with van der Waals surface area (Å²) in [6.07, 6.45) is 4.84. The van der Waals surface area contributed by atoms with Crippen molar-refractivity contribution in [3.63, 3.8) is 0 Å². The molecule has 0 aromatic heterocycles. The lowest BCUT2D eigenvalue weighted by Gasteiger charge is -2.18. The van der Waals surface area contributed by atoms with Crippen LogP contribution in [-0.2, 0) is 24.2 Å². The number of nitriles is 1. The van der Waals surface area contributed by atoms with Crippen molar-refractivity contribution in [2.24, 2.45) is 0 Å². The van der Waals surface area contributed by atoms with Gasteiger partial charge in [-0.05, 0) is 42.4 Å². The standard InChI is InChI=1S/C14H16N2O/c1-16(14(17)9-15)10-11-6-7-12-4-2-3-5-13(12)8-11/h6-8H,2-5,10H2,1H3. The van der Waals surface area contributed by atoms with Crippen molar-refractivity contribution in [1.82, 2.24) is 4.90 Å². The summed E-state index contributed by atoms with van der Waals surface area (Å²) < 4.78 is 0. The van der Waals surface area contributed by atoms with E-state index < -0.39 is 5.91 Å². The number of rotatable bonds is 2. The van der Waals surface area contributed by atoms with Crippen LogP contribution in [0, 0.1) is 11.3 Å². The third kappa shape index (κ3) is 2.65. The molecule has 17 heavy (non-hydrogen) atoms. The molecular formula is C14H16N2O. The zero-order valence-electron chi connectivity index (χ0n) is 10.1. The monoisotopic (exact) mass is 228 g/mol. The third-order valence-corrected chi connectivity index (χ3v) is 3.27. The fourth-order valence-electron chi connectivity index (χ4n) is 2.32. The molecule has 0 N–H and O–H groups in total. The predicted octanol–water partition coefficient (Wildman–Crippen LogP) is 2.05. The van der Waals surface area contributed by atoms with Crippen molar-refractivity contribution in [2.75, 3.05) is 7.05 Å². The maximum Gasteiger partial charge on any atom is 0.325 e. The van der Waals surface area contributed by atoms with Gasteiger partial charge in [0.15, 0.2) is 6.07 Å². The lowest BCUT2D eigenvalue weighted by Crippen LogP contribution is -2.24. The van der Waals surface area contributed by atoms with Crippen LogP contribution in [0.4, 0.5) is 0 Å². The van der Waals surface area contributed by atoms with Crippen LogP contribution in [-0.4, -0.2) is 17.9 Å². The van der Waals surface area contributed by atoms with Gasteiger partial charge in [-0.1, -0.05) is 18.2 Å². The minimum Gasteiger partial charge on any atom is -0.329 e. The Kier molecular flexibility index (Phi) is 3.43. The fraction of sp³-hybridized carbons (Fsp3) is 0.429. The molecule has 0 saturated heterocycles. The highest BCUT2D eigenvalue weighted by atomic mass is 16.2. The first-order valence-corrected chi connectivity index (χ1v) is 5.96. The maximum absolute atomic E-state index is 11.2. The van der Waals surface area contributed by atoms with E-state index in [1.807, 2.05) is 0 Å². The molecule has 0 radical (unpaired) electrons. The van der Waals surface area contributed by atoms with Crippen molar-refractivity contribution in [2.45, 2.75) is 32.2 Å². The zero-order valence-corrected chi connectivity index (χ0v) is 10.1. The number of carbonyl (C=O) groups is 1. The molecule has 0 unspecified atom stereocenters. The van der Waals surface area contributed by atoms with E-state index in [1.165, 1.54) is 35.3 Å². The second kappa shape index (κ2) is 5.01. The molecular weight excluding hydrogens is 212 g/mol. The molecule has 1 aromatic rings. The Morgan fingerprint density at radius 3 is 2.76 bits per heavy atom. The highest BCUT2D eigenvalue weighted by molar-refractivity contribution is 5.90. The average Bonchev–Trinajstić information content (AvgIpc) is 2.37. The SMILES string of the molecule is CN(Cc1ccc2c(c1)CCCC2)C(=O)C#N. The van der Waals surface area contributed by atoms with Gasteiger partial charge in [0, 0.05) is 13.6 Å². The Hall–Kier alpha value is -1.82. The van der Waals surface area contributed by atoms with Gasteiger partial charge in [-0.3, -0.25) is 4.79 Å². The molecule has 2 rings (SSSR count). The molecule has 0 saturated carbocycles. The number of hydrogen-bond acceptors (Lipinski definition) is 2. The van der Waals surface area contributed by atoms with Crippen LogP contribution >= 0.6 is 0 Å². The minimum absolute atomic E-state index is 0.484. The van der Waals surface area contributed by atoms with Gasteiger partial charge >= 0.3 is 5.91 Å². The van der Waals surface area contributed by atoms with E-state index in [9.17, 15) is 4.79 Å². The largest absolute Gasteiger partial charge is 0.329 e. The second-order valence-electron chi connectivity index (χ2n) is 4.58. The van der Waals surface area contributed by atoms with Crippen molar-refractivity contribution in [3.8, 4) is 6.07 Å². The molecule has 1 amide bonds. The molecule has 3 nitrogen and oxygen atoms in total. The third-order valence-electron chi connectivity index (χ3n) is 3.27. The molecule has 1 aromatic carbocycles. The predicted molar refractivity (Wildman–Crippen MR) is 65.2 cm³/mol. The smallest absolute Gasteiger partial charge is 0.325 e. The van der Waals surface area contributed by atoms with Crippen LogP contribution in [0.2, 0.25) is 0 Å². The Labute approximate surface area is 102 Å². The van der Waals surface area contributed by atoms with Gasteiger partial charge in [0.2, 0.25) is 0 Å². The summed E-state index contributed by atoms with van der Waals surface area (Å²) in [4.78, 5) is 12.6. The molecule has 3 heteroatoms. The summed E-state index contributed by atoms with van der Waals surface area (Å²) in [5.41, 5.74) is 3.96. The summed E-state index contributed by atoms with van der Waals surface area (Å²) in [5, 5.41) is 8.53. The first-order valence-electron chi connectivity index (χ1n) is 5.96. The summed E-state index contributed by atoms with van der Waals surface area (Å²) in [6, 6.07) is 8.03. The van der Waals surface area contributed by atoms with E-state index in [0.717, 1.165) is 12.0 Å². The van der Waals surface area contributed by atoms with E-state index in [0.29, 0.717) is 6.54 Å². The van der Waals surface area contributed by atoms with Gasteiger partial charge in [-0.2, -0.15) is 5.26 Å². The van der Waals surface area contributed by atoms with Crippen LogP contribution in [0.3, 0.4) is 0 Å². The van der Waals surface area contributed by atoms with Gasteiger partial charge in [0.1, 0.15) is 0 Å². The Morgan fingerprint density at radius 1 is 1.35 bits per heavy atom.